The summed E-state index contributed by atoms with van der Waals surface area (Å²) in [7, 11) is 0. The minimum Gasteiger partial charge on any atom is -0.434 e. The highest BCUT2D eigenvalue weighted by molar-refractivity contribution is 7.79. The second-order valence-electron chi connectivity index (χ2n) is 9.59. The van der Waals surface area contributed by atoms with Gasteiger partial charge in [0.05, 0.1) is 16.5 Å². The zero-order valence-corrected chi connectivity index (χ0v) is 22.9. The van der Waals surface area contributed by atoms with Crippen molar-refractivity contribution >= 4 is 28.6 Å². The monoisotopic (exact) mass is 599 g/mol. The van der Waals surface area contributed by atoms with E-state index in [9.17, 15) is 31.0 Å². The van der Waals surface area contributed by atoms with E-state index in [0.717, 1.165) is 25.7 Å². The quantitative estimate of drug-likeness (QED) is 0.216. The van der Waals surface area contributed by atoms with E-state index in [1.807, 2.05) is 0 Å². The maximum absolute atomic E-state index is 13.2. The molecule has 1 aliphatic rings. The average Bonchev–Trinajstić information content (AvgIpc) is 3.18. The summed E-state index contributed by atoms with van der Waals surface area (Å²) < 4.78 is 90.1. The van der Waals surface area contributed by atoms with Crippen molar-refractivity contribution in [1.82, 2.24) is 15.1 Å². The van der Waals surface area contributed by atoms with Crippen molar-refractivity contribution in [2.45, 2.75) is 71.2 Å². The standard InChI is InChI=1S/C25H31ClF5N3O4S/c1-2-34-22(18-10-9-15(4-3-11-25(29,30)31)12-19(18)38-24(27)28)20(26)21(33-34)23(35)32-13-16-5-7-17(8-6-16)14-39(36)37/h9-10,12,16-17,24H,2-8,11,13-14H2,1H3,(H,32,35)(H,36,37). The first-order valence-electron chi connectivity index (χ1n) is 12.6. The van der Waals surface area contributed by atoms with Gasteiger partial charge in [-0.3, -0.25) is 9.48 Å². The van der Waals surface area contributed by atoms with E-state index < -0.39 is 36.2 Å². The Kier molecular flexibility index (Phi) is 11.1. The highest BCUT2D eigenvalue weighted by Crippen LogP contribution is 2.39. The number of hydrogen-bond donors (Lipinski definition) is 2. The molecule has 39 heavy (non-hydrogen) atoms. The van der Waals surface area contributed by atoms with Crippen molar-refractivity contribution in [2.75, 3.05) is 12.3 Å². The molecule has 1 aliphatic carbocycles. The third-order valence-corrected chi connectivity index (χ3v) is 7.86. The summed E-state index contributed by atoms with van der Waals surface area (Å²) in [6.07, 6.45) is -2.34. The van der Waals surface area contributed by atoms with Crippen molar-refractivity contribution in [2.24, 2.45) is 11.8 Å². The number of hydrogen-bond acceptors (Lipinski definition) is 4. The van der Waals surface area contributed by atoms with Crippen LogP contribution in [0.15, 0.2) is 18.2 Å². The minimum atomic E-state index is -4.32. The Labute approximate surface area is 230 Å². The molecule has 1 atom stereocenters. The molecule has 2 N–H and O–H groups in total. The van der Waals surface area contributed by atoms with Crippen LogP contribution >= 0.6 is 11.6 Å². The van der Waals surface area contributed by atoms with Crippen molar-refractivity contribution in [1.29, 1.82) is 0 Å². The van der Waals surface area contributed by atoms with Crippen LogP contribution < -0.4 is 10.1 Å². The first kappa shape index (κ1) is 31.3. The largest absolute Gasteiger partial charge is 0.434 e. The maximum atomic E-state index is 13.2. The molecule has 1 amide bonds. The molecule has 1 fully saturated rings. The summed E-state index contributed by atoms with van der Waals surface area (Å²) in [5, 5.41) is 7.03. The molecular weight excluding hydrogens is 569 g/mol. The van der Waals surface area contributed by atoms with Crippen molar-refractivity contribution < 1.29 is 40.2 Å². The Morgan fingerprint density at radius 1 is 1.26 bits per heavy atom. The molecule has 0 aliphatic heterocycles. The molecule has 7 nitrogen and oxygen atoms in total. The third kappa shape index (κ3) is 9.14. The Bertz CT molecular complexity index is 1150. The van der Waals surface area contributed by atoms with Crippen molar-refractivity contribution in [3.8, 4) is 17.0 Å². The predicted octanol–water partition coefficient (Wildman–Crippen LogP) is 6.47. The lowest BCUT2D eigenvalue weighted by molar-refractivity contribution is -0.135. The molecule has 1 heterocycles. The molecule has 2 aromatic rings. The lowest BCUT2D eigenvalue weighted by Gasteiger charge is -2.27. The van der Waals surface area contributed by atoms with E-state index in [0.29, 0.717) is 12.1 Å². The van der Waals surface area contributed by atoms with Crippen molar-refractivity contribution in [3.05, 3.63) is 34.5 Å². The second-order valence-corrected chi connectivity index (χ2v) is 10.9. The van der Waals surface area contributed by atoms with E-state index in [-0.39, 0.29) is 64.7 Å². The number of aromatic nitrogens is 2. The smallest absolute Gasteiger partial charge is 0.389 e. The van der Waals surface area contributed by atoms with Crippen LogP contribution in [0.3, 0.4) is 0 Å². The van der Waals surface area contributed by atoms with E-state index in [4.69, 9.17) is 16.2 Å². The van der Waals surface area contributed by atoms with Crippen LogP contribution in [-0.2, 0) is 24.0 Å². The topological polar surface area (TPSA) is 93.5 Å². The summed E-state index contributed by atoms with van der Waals surface area (Å²) in [6, 6.07) is 4.19. The first-order chi connectivity index (χ1) is 18.4. The number of alkyl halides is 5. The highest BCUT2D eigenvalue weighted by atomic mass is 35.5. The SMILES string of the molecule is CCn1nc(C(=O)NCC2CCC(CS(=O)O)CC2)c(Cl)c1-c1ccc(CCCC(F)(F)F)cc1OC(F)F. The van der Waals surface area contributed by atoms with Gasteiger partial charge in [-0.05, 0) is 75.0 Å². The van der Waals surface area contributed by atoms with Gasteiger partial charge < -0.3 is 14.6 Å². The Morgan fingerprint density at radius 3 is 2.51 bits per heavy atom. The molecule has 1 unspecified atom stereocenters. The molecule has 0 spiro atoms. The number of nitrogens with one attached hydrogen (secondary N) is 1. The number of carbonyl (C=O) groups is 1. The summed E-state index contributed by atoms with van der Waals surface area (Å²) in [6.45, 7) is -0.850. The Balaban J connectivity index is 1.76. The zero-order chi connectivity index (χ0) is 28.7. The predicted molar refractivity (Wildman–Crippen MR) is 137 cm³/mol. The minimum absolute atomic E-state index is 0.00753. The lowest BCUT2D eigenvalue weighted by atomic mass is 9.83. The molecule has 1 aromatic heterocycles. The van der Waals surface area contributed by atoms with Crippen LogP contribution in [0.5, 0.6) is 5.75 Å². The van der Waals surface area contributed by atoms with Crippen LogP contribution in [0.1, 0.15) is 61.5 Å². The normalized spacial score (nSPS) is 18.8. The van der Waals surface area contributed by atoms with Crippen LogP contribution in [0.4, 0.5) is 22.0 Å². The average molecular weight is 600 g/mol. The summed E-state index contributed by atoms with van der Waals surface area (Å²) in [5.74, 6) is -0.191. The fourth-order valence-corrected chi connectivity index (χ4v) is 5.86. The van der Waals surface area contributed by atoms with E-state index in [1.165, 1.54) is 22.9 Å². The lowest BCUT2D eigenvalue weighted by Crippen LogP contribution is -2.32. The van der Waals surface area contributed by atoms with Crippen molar-refractivity contribution in [3.63, 3.8) is 0 Å². The molecule has 0 saturated heterocycles. The van der Waals surface area contributed by atoms with Gasteiger partial charge in [-0.15, -0.1) is 0 Å². The van der Waals surface area contributed by atoms with Gasteiger partial charge >= 0.3 is 12.8 Å². The Hall–Kier alpha value is -2.25. The second kappa shape index (κ2) is 13.9. The third-order valence-electron chi connectivity index (χ3n) is 6.75. The zero-order valence-electron chi connectivity index (χ0n) is 21.3. The van der Waals surface area contributed by atoms with Gasteiger partial charge in [0.2, 0.25) is 0 Å². The van der Waals surface area contributed by atoms with Gasteiger partial charge in [0, 0.05) is 25.1 Å². The number of rotatable bonds is 12. The molecule has 218 valence electrons. The van der Waals surface area contributed by atoms with Gasteiger partial charge in [0.25, 0.3) is 5.91 Å². The van der Waals surface area contributed by atoms with Gasteiger partial charge in [0.1, 0.15) is 5.75 Å². The molecule has 1 saturated carbocycles. The molecule has 3 rings (SSSR count). The number of benzene rings is 1. The van der Waals surface area contributed by atoms with Crippen LogP contribution in [0.2, 0.25) is 5.02 Å². The molecule has 0 bridgehead atoms. The number of aryl methyl sites for hydroxylation is 2. The number of carbonyl (C=O) groups excluding carboxylic acids is 1. The van der Waals surface area contributed by atoms with Gasteiger partial charge in [-0.1, -0.05) is 17.7 Å². The van der Waals surface area contributed by atoms with Crippen LogP contribution in [-0.4, -0.2) is 49.5 Å². The van der Waals surface area contributed by atoms with E-state index >= 15 is 0 Å². The van der Waals surface area contributed by atoms with Gasteiger partial charge in [-0.25, -0.2) is 4.21 Å². The maximum Gasteiger partial charge on any atom is 0.389 e. The number of amides is 1. The molecule has 0 radical (unpaired) electrons. The fraction of sp³-hybridized carbons (Fsp3) is 0.600. The van der Waals surface area contributed by atoms with E-state index in [2.05, 4.69) is 15.2 Å². The molecular formula is C25H31ClF5N3O4S. The number of ether oxygens (including phenoxy) is 1. The summed E-state index contributed by atoms with van der Waals surface area (Å²) in [4.78, 5) is 13.0. The Morgan fingerprint density at radius 2 is 1.92 bits per heavy atom. The first-order valence-corrected chi connectivity index (χ1v) is 14.3. The number of halogens is 6. The van der Waals surface area contributed by atoms with Crippen LogP contribution in [0, 0.1) is 11.8 Å². The van der Waals surface area contributed by atoms with Gasteiger partial charge in [0.15, 0.2) is 16.8 Å². The summed E-state index contributed by atoms with van der Waals surface area (Å²) >= 11 is 4.72. The summed E-state index contributed by atoms with van der Waals surface area (Å²) in [5.41, 5.74) is 0.609. The highest BCUT2D eigenvalue weighted by Gasteiger charge is 2.28. The molecule has 14 heteroatoms. The fourth-order valence-electron chi connectivity index (χ4n) is 4.80. The molecule has 1 aromatic carbocycles. The van der Waals surface area contributed by atoms with E-state index in [1.54, 1.807) is 6.92 Å². The van der Waals surface area contributed by atoms with Crippen LogP contribution in [0.25, 0.3) is 11.3 Å². The number of nitrogens with zero attached hydrogens (tertiary/aromatic N) is 2. The van der Waals surface area contributed by atoms with Gasteiger partial charge in [-0.2, -0.15) is 27.1 Å².